The third-order valence-corrected chi connectivity index (χ3v) is 3.62. The van der Waals surface area contributed by atoms with Gasteiger partial charge in [-0.05, 0) is 32.3 Å². The van der Waals surface area contributed by atoms with E-state index < -0.39 is 0 Å². The van der Waals surface area contributed by atoms with Crippen LogP contribution in [-0.4, -0.2) is 10.4 Å². The van der Waals surface area contributed by atoms with Gasteiger partial charge in [-0.25, -0.2) is 0 Å². The number of hydrogen-bond acceptors (Lipinski definition) is 1. The number of rotatable bonds is 4. The Morgan fingerprint density at radius 2 is 1.75 bits per heavy atom. The fraction of sp³-hybridized carbons (Fsp3) is 0.389. The molecule has 1 heterocycles. The monoisotopic (exact) mass is 269 g/mol. The zero-order valence-electron chi connectivity index (χ0n) is 13.0. The predicted octanol–water partition coefficient (Wildman–Crippen LogP) is 4.63. The van der Waals surface area contributed by atoms with Crippen LogP contribution >= 0.6 is 0 Å². The third kappa shape index (κ3) is 2.84. The third-order valence-electron chi connectivity index (χ3n) is 3.62. The molecule has 2 rings (SSSR count). The quantitative estimate of drug-likeness (QED) is 0.742. The van der Waals surface area contributed by atoms with Crippen LogP contribution < -0.4 is 0 Å². The lowest BCUT2D eigenvalue weighted by Crippen LogP contribution is -2.06. The second-order valence-corrected chi connectivity index (χ2v) is 5.97. The van der Waals surface area contributed by atoms with Crippen LogP contribution in [0.4, 0.5) is 0 Å². The predicted molar refractivity (Wildman–Crippen MR) is 84.2 cm³/mol. The van der Waals surface area contributed by atoms with Gasteiger partial charge in [0, 0.05) is 29.6 Å². The topological polar surface area (TPSA) is 22.0 Å². The Morgan fingerprint density at radius 1 is 1.15 bits per heavy atom. The summed E-state index contributed by atoms with van der Waals surface area (Å²) in [6, 6.07) is 8.37. The maximum absolute atomic E-state index is 12.0. The fourth-order valence-corrected chi connectivity index (χ4v) is 2.64. The molecular weight excluding hydrogens is 246 g/mol. The summed E-state index contributed by atoms with van der Waals surface area (Å²) in [6.45, 7) is 11.1. The van der Waals surface area contributed by atoms with E-state index in [0.29, 0.717) is 5.92 Å². The molecule has 2 heteroatoms. The molecule has 0 aliphatic carbocycles. The Labute approximate surface area is 121 Å². The average molecular weight is 269 g/mol. The van der Waals surface area contributed by atoms with Crippen molar-refractivity contribution in [2.24, 2.45) is 5.92 Å². The van der Waals surface area contributed by atoms with Crippen LogP contribution in [0.5, 0.6) is 0 Å². The molecule has 0 spiro atoms. The van der Waals surface area contributed by atoms with Crippen LogP contribution in [0, 0.1) is 19.8 Å². The average Bonchev–Trinajstić information content (AvgIpc) is 2.67. The first kappa shape index (κ1) is 14.6. The van der Waals surface area contributed by atoms with E-state index in [-0.39, 0.29) is 5.78 Å². The van der Waals surface area contributed by atoms with E-state index in [0.717, 1.165) is 28.9 Å². The standard InChI is InChI=1S/C18H23NO/c1-12(2)10-19-11-17(18(14(19)4)15(5)20)16-8-6-13(3)7-9-16/h6-9,11-12H,10H2,1-5H3. The number of carbonyl (C=O) groups excluding carboxylic acids is 1. The lowest BCUT2D eigenvalue weighted by Gasteiger charge is -2.09. The van der Waals surface area contributed by atoms with Gasteiger partial charge in [0.25, 0.3) is 0 Å². The molecule has 1 aromatic heterocycles. The van der Waals surface area contributed by atoms with Gasteiger partial charge in [-0.3, -0.25) is 4.79 Å². The first-order chi connectivity index (χ1) is 9.40. The van der Waals surface area contributed by atoms with E-state index >= 15 is 0 Å². The van der Waals surface area contributed by atoms with Gasteiger partial charge < -0.3 is 4.57 Å². The molecular formula is C18H23NO. The molecule has 0 aliphatic rings. The molecule has 2 nitrogen and oxygen atoms in total. The number of carbonyl (C=O) groups is 1. The van der Waals surface area contributed by atoms with E-state index in [1.165, 1.54) is 5.56 Å². The molecule has 0 saturated heterocycles. The lowest BCUT2D eigenvalue weighted by molar-refractivity contribution is 0.101. The summed E-state index contributed by atoms with van der Waals surface area (Å²) in [5.74, 6) is 0.701. The maximum atomic E-state index is 12.0. The summed E-state index contributed by atoms with van der Waals surface area (Å²) >= 11 is 0. The fourth-order valence-electron chi connectivity index (χ4n) is 2.64. The van der Waals surface area contributed by atoms with Gasteiger partial charge in [0.2, 0.25) is 0 Å². The highest BCUT2D eigenvalue weighted by molar-refractivity contribution is 6.02. The molecule has 0 saturated carbocycles. The van der Waals surface area contributed by atoms with Crippen LogP contribution in [0.1, 0.15) is 42.4 Å². The molecule has 20 heavy (non-hydrogen) atoms. The summed E-state index contributed by atoms with van der Waals surface area (Å²) in [6.07, 6.45) is 2.12. The van der Waals surface area contributed by atoms with Crippen molar-refractivity contribution in [1.29, 1.82) is 0 Å². The van der Waals surface area contributed by atoms with Crippen LogP contribution in [0.25, 0.3) is 11.1 Å². The normalized spacial score (nSPS) is 11.1. The van der Waals surface area contributed by atoms with Crippen molar-refractivity contribution < 1.29 is 4.79 Å². The second kappa shape index (κ2) is 5.66. The Morgan fingerprint density at radius 3 is 2.25 bits per heavy atom. The van der Waals surface area contributed by atoms with Crippen molar-refractivity contribution in [3.8, 4) is 11.1 Å². The molecule has 0 aliphatic heterocycles. The first-order valence-corrected chi connectivity index (χ1v) is 7.18. The largest absolute Gasteiger partial charge is 0.350 e. The highest BCUT2D eigenvalue weighted by Crippen LogP contribution is 2.29. The number of Topliss-reactive ketones (excluding diaryl/α,β-unsaturated/α-hetero) is 1. The van der Waals surface area contributed by atoms with Gasteiger partial charge >= 0.3 is 0 Å². The molecule has 1 aromatic carbocycles. The smallest absolute Gasteiger partial charge is 0.162 e. The van der Waals surface area contributed by atoms with Gasteiger partial charge in [0.05, 0.1) is 0 Å². The molecule has 106 valence electrons. The highest BCUT2D eigenvalue weighted by atomic mass is 16.1. The van der Waals surface area contributed by atoms with Gasteiger partial charge in [-0.2, -0.15) is 0 Å². The molecule has 0 fully saturated rings. The van der Waals surface area contributed by atoms with E-state index in [4.69, 9.17) is 0 Å². The number of aryl methyl sites for hydroxylation is 1. The number of hydrogen-bond donors (Lipinski definition) is 0. The van der Waals surface area contributed by atoms with Crippen molar-refractivity contribution in [3.05, 3.63) is 47.3 Å². The minimum atomic E-state index is 0.139. The first-order valence-electron chi connectivity index (χ1n) is 7.18. The molecule has 0 atom stereocenters. The maximum Gasteiger partial charge on any atom is 0.162 e. The zero-order chi connectivity index (χ0) is 14.9. The molecule has 2 aromatic rings. The van der Waals surface area contributed by atoms with E-state index in [2.05, 4.69) is 55.8 Å². The van der Waals surface area contributed by atoms with Gasteiger partial charge in [0.1, 0.15) is 0 Å². The summed E-state index contributed by atoms with van der Waals surface area (Å²) in [5, 5.41) is 0. The number of benzene rings is 1. The summed E-state index contributed by atoms with van der Waals surface area (Å²) in [4.78, 5) is 12.0. The molecule has 0 unspecified atom stereocenters. The van der Waals surface area contributed by atoms with Crippen molar-refractivity contribution in [2.75, 3.05) is 0 Å². The zero-order valence-corrected chi connectivity index (χ0v) is 13.0. The van der Waals surface area contributed by atoms with Crippen LogP contribution in [0.3, 0.4) is 0 Å². The van der Waals surface area contributed by atoms with E-state index in [1.54, 1.807) is 6.92 Å². The Balaban J connectivity index is 2.56. The Kier molecular flexibility index (Phi) is 4.12. The Bertz CT molecular complexity index is 618. The number of nitrogens with zero attached hydrogens (tertiary/aromatic N) is 1. The van der Waals surface area contributed by atoms with Crippen LogP contribution in [-0.2, 0) is 6.54 Å². The van der Waals surface area contributed by atoms with Crippen molar-refractivity contribution in [1.82, 2.24) is 4.57 Å². The van der Waals surface area contributed by atoms with Gasteiger partial charge in [-0.1, -0.05) is 43.7 Å². The van der Waals surface area contributed by atoms with E-state index in [1.807, 2.05) is 6.92 Å². The SMILES string of the molecule is CC(=O)c1c(-c2ccc(C)cc2)cn(CC(C)C)c1C. The Hall–Kier alpha value is -1.83. The second-order valence-electron chi connectivity index (χ2n) is 5.97. The summed E-state index contributed by atoms with van der Waals surface area (Å²) < 4.78 is 2.20. The van der Waals surface area contributed by atoms with Crippen molar-refractivity contribution >= 4 is 5.78 Å². The van der Waals surface area contributed by atoms with E-state index in [9.17, 15) is 4.79 Å². The minimum absolute atomic E-state index is 0.139. The summed E-state index contributed by atoms with van der Waals surface area (Å²) in [5.41, 5.74) is 5.33. The van der Waals surface area contributed by atoms with Gasteiger partial charge in [-0.15, -0.1) is 0 Å². The number of aromatic nitrogens is 1. The van der Waals surface area contributed by atoms with Crippen LogP contribution in [0.2, 0.25) is 0 Å². The van der Waals surface area contributed by atoms with Crippen LogP contribution in [0.15, 0.2) is 30.5 Å². The van der Waals surface area contributed by atoms with Gasteiger partial charge in [0.15, 0.2) is 5.78 Å². The molecule has 0 radical (unpaired) electrons. The van der Waals surface area contributed by atoms with Crippen molar-refractivity contribution in [2.45, 2.75) is 41.2 Å². The van der Waals surface area contributed by atoms with Crippen molar-refractivity contribution in [3.63, 3.8) is 0 Å². The lowest BCUT2D eigenvalue weighted by atomic mass is 10.00. The summed E-state index contributed by atoms with van der Waals surface area (Å²) in [7, 11) is 0. The highest BCUT2D eigenvalue weighted by Gasteiger charge is 2.17. The molecule has 0 amide bonds. The number of ketones is 1. The molecule has 0 bridgehead atoms. The molecule has 0 N–H and O–H groups in total. The minimum Gasteiger partial charge on any atom is -0.350 e.